The monoisotopic (exact) mass is 209 g/mol. The lowest BCUT2D eigenvalue weighted by atomic mass is 9.98. The zero-order valence-electron chi connectivity index (χ0n) is 8.72. The summed E-state index contributed by atoms with van der Waals surface area (Å²) in [5.74, 6) is 5.39. The van der Waals surface area contributed by atoms with Crippen LogP contribution in [0.5, 0.6) is 0 Å². The molecule has 16 heavy (non-hydrogen) atoms. The van der Waals surface area contributed by atoms with Crippen LogP contribution in [0.4, 0.5) is 0 Å². The first-order valence-corrected chi connectivity index (χ1v) is 5.22. The number of hydrazone groups is 1. The first-order valence-electron chi connectivity index (χ1n) is 5.22. The molecule has 0 saturated carbocycles. The largest absolute Gasteiger partial charge is 0.323 e. The summed E-state index contributed by atoms with van der Waals surface area (Å²) in [5, 5.41) is 4.94. The SMILES string of the molecule is NN=C1CC=Cc2nc3ccccc3cc21. The average molecular weight is 209 g/mol. The number of aromatic nitrogens is 1. The van der Waals surface area contributed by atoms with Gasteiger partial charge in [0.1, 0.15) is 0 Å². The van der Waals surface area contributed by atoms with Gasteiger partial charge in [0.15, 0.2) is 0 Å². The second-order valence-electron chi connectivity index (χ2n) is 3.80. The molecule has 78 valence electrons. The third-order valence-corrected chi connectivity index (χ3v) is 2.81. The molecule has 0 spiro atoms. The molecule has 0 saturated heterocycles. The van der Waals surface area contributed by atoms with Gasteiger partial charge < -0.3 is 5.84 Å². The van der Waals surface area contributed by atoms with Crippen LogP contribution in [0.3, 0.4) is 0 Å². The second kappa shape index (κ2) is 3.45. The fraction of sp³-hybridized carbons (Fsp3) is 0.0769. The van der Waals surface area contributed by atoms with E-state index >= 15 is 0 Å². The number of hydrogen-bond acceptors (Lipinski definition) is 3. The summed E-state index contributed by atoms with van der Waals surface area (Å²) in [5.41, 5.74) is 3.90. The summed E-state index contributed by atoms with van der Waals surface area (Å²) in [6, 6.07) is 10.2. The molecule has 1 aromatic heterocycles. The van der Waals surface area contributed by atoms with E-state index in [2.05, 4.69) is 22.2 Å². The van der Waals surface area contributed by atoms with E-state index in [4.69, 9.17) is 5.84 Å². The number of para-hydroxylation sites is 1. The van der Waals surface area contributed by atoms with E-state index < -0.39 is 0 Å². The van der Waals surface area contributed by atoms with Crippen LogP contribution in [0.15, 0.2) is 41.5 Å². The van der Waals surface area contributed by atoms with Crippen LogP contribution in [-0.4, -0.2) is 10.7 Å². The van der Waals surface area contributed by atoms with E-state index in [0.717, 1.165) is 34.3 Å². The van der Waals surface area contributed by atoms with Crippen molar-refractivity contribution in [3.63, 3.8) is 0 Å². The van der Waals surface area contributed by atoms with Gasteiger partial charge in [-0.15, -0.1) is 0 Å². The number of allylic oxidation sites excluding steroid dienone is 1. The third kappa shape index (κ3) is 1.29. The van der Waals surface area contributed by atoms with E-state index in [1.54, 1.807) is 0 Å². The quantitative estimate of drug-likeness (QED) is 0.534. The Bertz CT molecular complexity index is 612. The molecule has 0 radical (unpaired) electrons. The Hall–Kier alpha value is -2.16. The predicted octanol–water partition coefficient (Wildman–Crippen LogP) is 2.31. The van der Waals surface area contributed by atoms with Crippen LogP contribution in [-0.2, 0) is 0 Å². The molecule has 1 aromatic carbocycles. The smallest absolute Gasteiger partial charge is 0.0732 e. The number of rotatable bonds is 0. The highest BCUT2D eigenvalue weighted by atomic mass is 15.1. The molecule has 2 aromatic rings. The molecule has 0 bridgehead atoms. The Morgan fingerprint density at radius 2 is 2.12 bits per heavy atom. The third-order valence-electron chi connectivity index (χ3n) is 2.81. The Morgan fingerprint density at radius 3 is 3.00 bits per heavy atom. The van der Waals surface area contributed by atoms with Gasteiger partial charge in [-0.25, -0.2) is 4.98 Å². The molecule has 2 N–H and O–H groups in total. The fourth-order valence-electron chi connectivity index (χ4n) is 2.00. The van der Waals surface area contributed by atoms with Gasteiger partial charge in [0.05, 0.1) is 16.9 Å². The zero-order valence-corrected chi connectivity index (χ0v) is 8.72. The van der Waals surface area contributed by atoms with Gasteiger partial charge in [0.2, 0.25) is 0 Å². The van der Waals surface area contributed by atoms with Crippen molar-refractivity contribution in [2.24, 2.45) is 10.9 Å². The van der Waals surface area contributed by atoms with Crippen molar-refractivity contribution < 1.29 is 0 Å². The first-order chi connectivity index (χ1) is 7.88. The number of benzene rings is 1. The van der Waals surface area contributed by atoms with Gasteiger partial charge in [0, 0.05) is 17.4 Å². The van der Waals surface area contributed by atoms with Gasteiger partial charge in [-0.3, -0.25) is 0 Å². The van der Waals surface area contributed by atoms with Crippen molar-refractivity contribution in [1.29, 1.82) is 0 Å². The van der Waals surface area contributed by atoms with Crippen molar-refractivity contribution >= 4 is 22.7 Å². The topological polar surface area (TPSA) is 51.3 Å². The molecule has 1 heterocycles. The molecular formula is C13H11N3. The maximum Gasteiger partial charge on any atom is 0.0732 e. The number of pyridine rings is 1. The standard InChI is InChI=1S/C13H11N3/c14-16-13-7-3-6-12-10(13)8-9-4-1-2-5-11(9)15-12/h1-6,8H,7,14H2. The van der Waals surface area contributed by atoms with Crippen LogP contribution in [0, 0.1) is 0 Å². The van der Waals surface area contributed by atoms with Crippen molar-refractivity contribution in [1.82, 2.24) is 4.98 Å². The highest BCUT2D eigenvalue weighted by molar-refractivity contribution is 6.07. The van der Waals surface area contributed by atoms with E-state index in [-0.39, 0.29) is 0 Å². The number of hydrogen-bond donors (Lipinski definition) is 1. The lowest BCUT2D eigenvalue weighted by molar-refractivity contribution is 1.19. The maximum absolute atomic E-state index is 5.39. The number of nitrogens with zero attached hydrogens (tertiary/aromatic N) is 2. The van der Waals surface area contributed by atoms with Crippen molar-refractivity contribution in [3.8, 4) is 0 Å². The highest BCUT2D eigenvalue weighted by Crippen LogP contribution is 2.22. The minimum Gasteiger partial charge on any atom is -0.323 e. The van der Waals surface area contributed by atoms with Crippen LogP contribution < -0.4 is 5.84 Å². The van der Waals surface area contributed by atoms with Crippen molar-refractivity contribution in [2.75, 3.05) is 0 Å². The van der Waals surface area contributed by atoms with Gasteiger partial charge in [-0.05, 0) is 18.2 Å². The van der Waals surface area contributed by atoms with Gasteiger partial charge >= 0.3 is 0 Å². The minimum absolute atomic E-state index is 0.781. The Labute approximate surface area is 93.3 Å². The molecule has 1 aliphatic rings. The van der Waals surface area contributed by atoms with Gasteiger partial charge in [-0.1, -0.05) is 24.3 Å². The Kier molecular flexibility index (Phi) is 1.96. The fourth-order valence-corrected chi connectivity index (χ4v) is 2.00. The summed E-state index contributed by atoms with van der Waals surface area (Å²) in [6.45, 7) is 0. The predicted molar refractivity (Wildman–Crippen MR) is 66.1 cm³/mol. The maximum atomic E-state index is 5.39. The first kappa shape index (κ1) is 9.09. The zero-order chi connectivity index (χ0) is 11.0. The lowest BCUT2D eigenvalue weighted by Gasteiger charge is -2.12. The molecule has 3 heteroatoms. The average Bonchev–Trinajstić information content (AvgIpc) is 2.35. The summed E-state index contributed by atoms with van der Waals surface area (Å²) < 4.78 is 0. The van der Waals surface area contributed by atoms with Crippen LogP contribution in [0.25, 0.3) is 17.0 Å². The van der Waals surface area contributed by atoms with Crippen LogP contribution in [0.2, 0.25) is 0 Å². The van der Waals surface area contributed by atoms with E-state index in [9.17, 15) is 0 Å². The molecule has 3 rings (SSSR count). The number of fused-ring (bicyclic) bond motifs is 2. The summed E-state index contributed by atoms with van der Waals surface area (Å²) >= 11 is 0. The molecule has 1 aliphatic carbocycles. The van der Waals surface area contributed by atoms with E-state index in [1.807, 2.05) is 30.4 Å². The second-order valence-corrected chi connectivity index (χ2v) is 3.80. The molecule has 3 nitrogen and oxygen atoms in total. The van der Waals surface area contributed by atoms with Crippen LogP contribution in [0.1, 0.15) is 17.7 Å². The van der Waals surface area contributed by atoms with E-state index in [0.29, 0.717) is 0 Å². The summed E-state index contributed by atoms with van der Waals surface area (Å²) in [6.07, 6.45) is 4.84. The summed E-state index contributed by atoms with van der Waals surface area (Å²) in [4.78, 5) is 4.59. The highest BCUT2D eigenvalue weighted by Gasteiger charge is 2.13. The molecule has 0 amide bonds. The van der Waals surface area contributed by atoms with E-state index in [1.165, 1.54) is 0 Å². The Balaban J connectivity index is 2.35. The normalized spacial score (nSPS) is 16.6. The van der Waals surface area contributed by atoms with Crippen molar-refractivity contribution in [2.45, 2.75) is 6.42 Å². The van der Waals surface area contributed by atoms with Crippen LogP contribution >= 0.6 is 0 Å². The minimum atomic E-state index is 0.781. The Morgan fingerprint density at radius 1 is 1.25 bits per heavy atom. The molecule has 0 unspecified atom stereocenters. The summed E-state index contributed by atoms with van der Waals surface area (Å²) in [7, 11) is 0. The molecule has 0 fully saturated rings. The molecule has 0 aliphatic heterocycles. The number of nitrogens with two attached hydrogens (primary N) is 1. The van der Waals surface area contributed by atoms with Gasteiger partial charge in [0.25, 0.3) is 0 Å². The van der Waals surface area contributed by atoms with Crippen molar-refractivity contribution in [3.05, 3.63) is 47.7 Å². The molecular weight excluding hydrogens is 198 g/mol. The lowest BCUT2D eigenvalue weighted by Crippen LogP contribution is -2.09. The molecule has 0 atom stereocenters. The van der Waals surface area contributed by atoms with Gasteiger partial charge in [-0.2, -0.15) is 5.10 Å².